The quantitative estimate of drug-likeness (QED) is 0.718. The maximum Gasteiger partial charge on any atom is 0.244 e. The number of nitrogens with zero attached hydrogens (tertiary/aromatic N) is 2. The van der Waals surface area contributed by atoms with E-state index in [0.29, 0.717) is 19.6 Å². The lowest BCUT2D eigenvalue weighted by Crippen LogP contribution is -2.30. The van der Waals surface area contributed by atoms with E-state index in [4.69, 9.17) is 5.73 Å². The Morgan fingerprint density at radius 3 is 2.69 bits per heavy atom. The summed E-state index contributed by atoms with van der Waals surface area (Å²) in [6.45, 7) is 1.37. The number of benzene rings is 1. The van der Waals surface area contributed by atoms with Crippen LogP contribution in [0, 0.1) is 5.92 Å². The van der Waals surface area contributed by atoms with Gasteiger partial charge in [-0.3, -0.25) is 4.98 Å². The molecule has 2 N–H and O–H groups in total. The van der Waals surface area contributed by atoms with Gasteiger partial charge in [-0.1, -0.05) is 30.3 Å². The summed E-state index contributed by atoms with van der Waals surface area (Å²) in [7, 11) is -3.57. The Labute approximate surface area is 163 Å². The first-order valence-corrected chi connectivity index (χ1v) is 10.5. The van der Waals surface area contributed by atoms with Crippen molar-refractivity contribution in [1.29, 1.82) is 0 Å². The number of rotatable bonds is 4. The molecule has 1 fully saturated rings. The maximum atomic E-state index is 13.1. The summed E-state index contributed by atoms with van der Waals surface area (Å²) in [4.78, 5) is 4.53. The molecular weight excluding hydrogens is 390 g/mol. The number of hydrogen-bond donors (Lipinski definition) is 1. The second-order valence-electron chi connectivity index (χ2n) is 6.31. The van der Waals surface area contributed by atoms with Crippen LogP contribution in [-0.2, 0) is 10.0 Å². The van der Waals surface area contributed by atoms with Gasteiger partial charge in [-0.25, -0.2) is 8.42 Å². The van der Waals surface area contributed by atoms with Crippen molar-refractivity contribution in [2.24, 2.45) is 11.7 Å². The minimum Gasteiger partial charge on any atom is -0.330 e. The number of fused-ring (bicyclic) bond motifs is 1. The molecule has 0 amide bonds. The third-order valence-corrected chi connectivity index (χ3v) is 7.50. The Morgan fingerprint density at radius 2 is 1.96 bits per heavy atom. The summed E-state index contributed by atoms with van der Waals surface area (Å²) in [6.07, 6.45) is 1.46. The fourth-order valence-electron chi connectivity index (χ4n) is 3.46. The smallest absolute Gasteiger partial charge is 0.244 e. The zero-order chi connectivity index (χ0) is 17.4. The molecule has 3 heterocycles. The highest BCUT2D eigenvalue weighted by molar-refractivity contribution is 7.89. The molecule has 5 nitrogen and oxygen atoms in total. The summed E-state index contributed by atoms with van der Waals surface area (Å²) in [5, 5.41) is 1.92. The van der Waals surface area contributed by atoms with Crippen LogP contribution in [0.3, 0.4) is 0 Å². The van der Waals surface area contributed by atoms with Crippen molar-refractivity contribution in [2.45, 2.75) is 10.8 Å². The molecule has 3 aromatic rings. The van der Waals surface area contributed by atoms with Crippen LogP contribution in [0.15, 0.2) is 58.9 Å². The van der Waals surface area contributed by atoms with Crippen molar-refractivity contribution in [3.8, 4) is 0 Å². The molecule has 8 heteroatoms. The summed E-state index contributed by atoms with van der Waals surface area (Å²) in [5.41, 5.74) is 7.90. The average Bonchev–Trinajstić information content (AvgIpc) is 3.28. The molecule has 138 valence electrons. The molecule has 1 aromatic carbocycles. The lowest BCUT2D eigenvalue weighted by atomic mass is 9.89. The van der Waals surface area contributed by atoms with Crippen LogP contribution >= 0.6 is 23.7 Å². The van der Waals surface area contributed by atoms with Gasteiger partial charge in [0.2, 0.25) is 10.0 Å². The molecular formula is C18H20ClN3O2S2. The lowest BCUT2D eigenvalue weighted by Gasteiger charge is -2.17. The highest BCUT2D eigenvalue weighted by atomic mass is 35.5. The second-order valence-corrected chi connectivity index (χ2v) is 9.20. The Bertz CT molecular complexity index is 992. The van der Waals surface area contributed by atoms with Gasteiger partial charge >= 0.3 is 0 Å². The summed E-state index contributed by atoms with van der Waals surface area (Å²) in [5.74, 6) is 0.245. The highest BCUT2D eigenvalue weighted by Crippen LogP contribution is 2.35. The predicted octanol–water partition coefficient (Wildman–Crippen LogP) is 3.08. The Morgan fingerprint density at radius 1 is 1.19 bits per heavy atom. The van der Waals surface area contributed by atoms with Crippen LogP contribution in [-0.4, -0.2) is 37.3 Å². The van der Waals surface area contributed by atoms with Crippen LogP contribution in [0.4, 0.5) is 0 Å². The number of nitrogens with two attached hydrogens (primary N) is 1. The van der Waals surface area contributed by atoms with E-state index in [2.05, 4.69) is 4.98 Å². The van der Waals surface area contributed by atoms with Gasteiger partial charge in [-0.05, 0) is 35.5 Å². The van der Waals surface area contributed by atoms with Crippen LogP contribution in [0.25, 0.3) is 10.2 Å². The number of halogens is 1. The fourth-order valence-corrected chi connectivity index (χ4v) is 5.81. The van der Waals surface area contributed by atoms with E-state index in [-0.39, 0.29) is 29.1 Å². The van der Waals surface area contributed by atoms with E-state index >= 15 is 0 Å². The third kappa shape index (κ3) is 3.37. The monoisotopic (exact) mass is 409 g/mol. The second kappa shape index (κ2) is 7.62. The van der Waals surface area contributed by atoms with Crippen molar-refractivity contribution in [3.05, 3.63) is 59.6 Å². The average molecular weight is 410 g/mol. The van der Waals surface area contributed by atoms with Crippen molar-refractivity contribution >= 4 is 44.0 Å². The molecule has 0 unspecified atom stereocenters. The van der Waals surface area contributed by atoms with E-state index in [1.165, 1.54) is 17.5 Å². The molecule has 0 aliphatic carbocycles. The fraction of sp³-hybridized carbons (Fsp3) is 0.278. The zero-order valence-corrected chi connectivity index (χ0v) is 16.4. The van der Waals surface area contributed by atoms with Crippen molar-refractivity contribution in [1.82, 2.24) is 9.29 Å². The minimum atomic E-state index is -3.57. The molecule has 0 saturated carbocycles. The first kappa shape index (κ1) is 19.3. The van der Waals surface area contributed by atoms with Gasteiger partial charge in [-0.2, -0.15) is 4.31 Å². The van der Waals surface area contributed by atoms with Crippen LogP contribution in [0.1, 0.15) is 11.5 Å². The number of thiophene rings is 1. The number of hydrogen-bond acceptors (Lipinski definition) is 5. The van der Waals surface area contributed by atoms with E-state index in [0.717, 1.165) is 15.8 Å². The van der Waals surface area contributed by atoms with Gasteiger partial charge in [0.15, 0.2) is 0 Å². The largest absolute Gasteiger partial charge is 0.330 e. The summed E-state index contributed by atoms with van der Waals surface area (Å²) < 4.78 is 28.6. The molecule has 1 aliphatic rings. The number of sulfonamides is 1. The molecule has 4 rings (SSSR count). The summed E-state index contributed by atoms with van der Waals surface area (Å²) in [6, 6.07) is 13.6. The number of aromatic nitrogens is 1. The molecule has 26 heavy (non-hydrogen) atoms. The normalized spacial score (nSPS) is 21.0. The van der Waals surface area contributed by atoms with Crippen molar-refractivity contribution in [2.75, 3.05) is 19.6 Å². The maximum absolute atomic E-state index is 13.1. The Kier molecular flexibility index (Phi) is 5.64. The molecule has 0 spiro atoms. The van der Waals surface area contributed by atoms with E-state index in [1.807, 2.05) is 41.8 Å². The zero-order valence-electron chi connectivity index (χ0n) is 14.0. The van der Waals surface area contributed by atoms with E-state index in [1.54, 1.807) is 10.4 Å². The van der Waals surface area contributed by atoms with Gasteiger partial charge in [0.05, 0.1) is 10.2 Å². The standard InChI is InChI=1S/C18H19N3O2S2.ClH/c19-9-14-11-21(12-16(14)13-4-2-1-3-5-13)25(22,23)15-8-18-17(20-10-15)6-7-24-18;/h1-8,10,14,16H,9,11-12,19H2;1H/t14-,16+;/m1./s1. The van der Waals surface area contributed by atoms with Crippen LogP contribution < -0.4 is 5.73 Å². The third-order valence-electron chi connectivity index (χ3n) is 4.85. The van der Waals surface area contributed by atoms with Crippen LogP contribution in [0.2, 0.25) is 0 Å². The first-order chi connectivity index (χ1) is 12.1. The minimum absolute atomic E-state index is 0. The molecule has 0 radical (unpaired) electrons. The van der Waals surface area contributed by atoms with Gasteiger partial charge in [0, 0.05) is 25.2 Å². The molecule has 1 aliphatic heterocycles. The first-order valence-electron chi connectivity index (χ1n) is 8.18. The van der Waals surface area contributed by atoms with Crippen LogP contribution in [0.5, 0.6) is 0 Å². The van der Waals surface area contributed by atoms with Gasteiger partial charge in [-0.15, -0.1) is 23.7 Å². The van der Waals surface area contributed by atoms with Crippen molar-refractivity contribution in [3.63, 3.8) is 0 Å². The Hall–Kier alpha value is -1.51. The van der Waals surface area contributed by atoms with Gasteiger partial charge in [0.1, 0.15) is 4.90 Å². The van der Waals surface area contributed by atoms with Gasteiger partial charge < -0.3 is 5.73 Å². The van der Waals surface area contributed by atoms with Gasteiger partial charge in [0.25, 0.3) is 0 Å². The molecule has 2 aromatic heterocycles. The molecule has 2 atom stereocenters. The number of pyridine rings is 1. The molecule has 1 saturated heterocycles. The highest BCUT2D eigenvalue weighted by Gasteiger charge is 2.39. The SMILES string of the molecule is Cl.NC[C@@H]1CN(S(=O)(=O)c2cnc3ccsc3c2)C[C@H]1c1ccccc1. The summed E-state index contributed by atoms with van der Waals surface area (Å²) >= 11 is 1.50. The van der Waals surface area contributed by atoms with E-state index < -0.39 is 10.0 Å². The van der Waals surface area contributed by atoms with Crippen molar-refractivity contribution < 1.29 is 8.42 Å². The Balaban J connectivity index is 0.00000196. The molecule has 0 bridgehead atoms. The topological polar surface area (TPSA) is 76.3 Å². The predicted molar refractivity (Wildman–Crippen MR) is 107 cm³/mol. The lowest BCUT2D eigenvalue weighted by molar-refractivity contribution is 0.459. The van der Waals surface area contributed by atoms with E-state index in [9.17, 15) is 8.42 Å².